The Morgan fingerprint density at radius 2 is 1.89 bits per heavy atom. The average Bonchev–Trinajstić information content (AvgIpc) is 3.19. The van der Waals surface area contributed by atoms with Gasteiger partial charge in [-0.05, 0) is 49.4 Å². The maximum atomic E-state index is 12.8. The summed E-state index contributed by atoms with van der Waals surface area (Å²) in [5.41, 5.74) is 2.61. The number of nitrogens with zero attached hydrogens (tertiary/aromatic N) is 1. The van der Waals surface area contributed by atoms with Crippen LogP contribution in [0.3, 0.4) is 0 Å². The number of para-hydroxylation sites is 1. The number of anilines is 1. The highest BCUT2D eigenvalue weighted by atomic mass is 16.5. The van der Waals surface area contributed by atoms with Crippen molar-refractivity contribution in [1.82, 2.24) is 4.90 Å². The van der Waals surface area contributed by atoms with Crippen molar-refractivity contribution < 1.29 is 14.3 Å². The van der Waals surface area contributed by atoms with Gasteiger partial charge in [0, 0.05) is 17.8 Å². The Bertz CT molecular complexity index is 894. The van der Waals surface area contributed by atoms with Gasteiger partial charge in [0.25, 0.3) is 5.91 Å². The Balaban J connectivity index is 1.82. The third-order valence-electron chi connectivity index (χ3n) is 4.63. The molecule has 138 valence electrons. The van der Waals surface area contributed by atoms with Crippen molar-refractivity contribution in [3.63, 3.8) is 0 Å². The Morgan fingerprint density at radius 3 is 2.59 bits per heavy atom. The first kappa shape index (κ1) is 18.5. The van der Waals surface area contributed by atoms with E-state index in [0.717, 1.165) is 23.3 Å². The standard InChI is InChI=1S/C22H22N2O3/c1-3-7-21(25)24-15-6-10-20(24)22(26)23-19-9-5-4-8-18(19)16-11-13-17(27-2)14-12-16/h4-5,8-9,11-14,20H,6,10,15H2,1-2H3,(H,23,26)/t20-/m0/s1. The number of likely N-dealkylation sites (tertiary alicyclic amines) is 1. The Morgan fingerprint density at radius 1 is 1.15 bits per heavy atom. The molecular formula is C22H22N2O3. The lowest BCUT2D eigenvalue weighted by Crippen LogP contribution is -2.42. The number of ether oxygens (including phenoxy) is 1. The first-order valence-corrected chi connectivity index (χ1v) is 8.91. The molecule has 0 spiro atoms. The molecule has 0 aromatic heterocycles. The Hall–Kier alpha value is -3.26. The number of methoxy groups -OCH3 is 1. The van der Waals surface area contributed by atoms with Gasteiger partial charge in [0.2, 0.25) is 5.91 Å². The SMILES string of the molecule is CC#CC(=O)N1CCC[C@H]1C(=O)Nc1ccccc1-c1ccc(OC)cc1. The molecule has 1 saturated heterocycles. The molecule has 5 nitrogen and oxygen atoms in total. The Labute approximate surface area is 159 Å². The van der Waals surface area contributed by atoms with Crippen LogP contribution in [0.2, 0.25) is 0 Å². The van der Waals surface area contributed by atoms with Crippen LogP contribution in [0.15, 0.2) is 48.5 Å². The summed E-state index contributed by atoms with van der Waals surface area (Å²) in [4.78, 5) is 26.5. The maximum absolute atomic E-state index is 12.8. The predicted molar refractivity (Wildman–Crippen MR) is 105 cm³/mol. The van der Waals surface area contributed by atoms with E-state index in [1.807, 2.05) is 48.5 Å². The van der Waals surface area contributed by atoms with Gasteiger partial charge in [-0.1, -0.05) is 36.3 Å². The van der Waals surface area contributed by atoms with Gasteiger partial charge in [-0.25, -0.2) is 0 Å². The highest BCUT2D eigenvalue weighted by Crippen LogP contribution is 2.30. The zero-order chi connectivity index (χ0) is 19.2. The van der Waals surface area contributed by atoms with Crippen LogP contribution in [0.1, 0.15) is 19.8 Å². The molecule has 1 heterocycles. The first-order chi connectivity index (χ1) is 13.1. The zero-order valence-corrected chi connectivity index (χ0v) is 15.5. The summed E-state index contributed by atoms with van der Waals surface area (Å²) < 4.78 is 5.20. The second-order valence-electron chi connectivity index (χ2n) is 6.29. The lowest BCUT2D eigenvalue weighted by Gasteiger charge is -2.22. The summed E-state index contributed by atoms with van der Waals surface area (Å²) in [5, 5.41) is 2.99. The summed E-state index contributed by atoms with van der Waals surface area (Å²) in [5.74, 6) is 5.44. The number of hydrogen-bond acceptors (Lipinski definition) is 3. The number of hydrogen-bond donors (Lipinski definition) is 1. The smallest absolute Gasteiger partial charge is 0.299 e. The molecule has 0 radical (unpaired) electrons. The fourth-order valence-corrected chi connectivity index (χ4v) is 3.29. The van der Waals surface area contributed by atoms with Gasteiger partial charge in [-0.2, -0.15) is 0 Å². The van der Waals surface area contributed by atoms with Crippen LogP contribution in [0, 0.1) is 11.8 Å². The van der Waals surface area contributed by atoms with Crippen LogP contribution in [0.5, 0.6) is 5.75 Å². The molecule has 2 aromatic carbocycles. The number of carbonyl (C=O) groups excluding carboxylic acids is 2. The van der Waals surface area contributed by atoms with Crippen molar-refractivity contribution >= 4 is 17.5 Å². The molecular weight excluding hydrogens is 340 g/mol. The van der Waals surface area contributed by atoms with E-state index >= 15 is 0 Å². The van der Waals surface area contributed by atoms with Crippen LogP contribution >= 0.6 is 0 Å². The molecule has 0 aliphatic carbocycles. The van der Waals surface area contributed by atoms with E-state index in [-0.39, 0.29) is 11.8 Å². The fourth-order valence-electron chi connectivity index (χ4n) is 3.29. The van der Waals surface area contributed by atoms with Crippen LogP contribution in [-0.2, 0) is 9.59 Å². The van der Waals surface area contributed by atoms with Crippen molar-refractivity contribution in [2.45, 2.75) is 25.8 Å². The summed E-state index contributed by atoms with van der Waals surface area (Å²) in [6.45, 7) is 2.18. The normalized spacial score (nSPS) is 15.6. The molecule has 3 rings (SSSR count). The van der Waals surface area contributed by atoms with E-state index in [1.165, 1.54) is 0 Å². The third-order valence-corrected chi connectivity index (χ3v) is 4.63. The topological polar surface area (TPSA) is 58.6 Å². The lowest BCUT2D eigenvalue weighted by atomic mass is 10.0. The first-order valence-electron chi connectivity index (χ1n) is 8.91. The van der Waals surface area contributed by atoms with E-state index in [0.29, 0.717) is 18.7 Å². The highest BCUT2D eigenvalue weighted by molar-refractivity contribution is 6.03. The van der Waals surface area contributed by atoms with Crippen molar-refractivity contribution in [2.24, 2.45) is 0 Å². The quantitative estimate of drug-likeness (QED) is 0.849. The second-order valence-corrected chi connectivity index (χ2v) is 6.29. The number of carbonyl (C=O) groups is 2. The molecule has 1 fully saturated rings. The van der Waals surface area contributed by atoms with Crippen molar-refractivity contribution in [3.05, 3.63) is 48.5 Å². The van der Waals surface area contributed by atoms with Crippen LogP contribution in [0.4, 0.5) is 5.69 Å². The molecule has 27 heavy (non-hydrogen) atoms. The van der Waals surface area contributed by atoms with Gasteiger partial charge < -0.3 is 15.0 Å². The summed E-state index contributed by atoms with van der Waals surface area (Å²) in [6.07, 6.45) is 1.45. The molecule has 1 aliphatic heterocycles. The average molecular weight is 362 g/mol. The van der Waals surface area contributed by atoms with Gasteiger partial charge in [0.15, 0.2) is 0 Å². The molecule has 2 amide bonds. The number of nitrogens with one attached hydrogen (secondary N) is 1. The third kappa shape index (κ3) is 4.12. The fraction of sp³-hybridized carbons (Fsp3) is 0.273. The number of rotatable bonds is 4. The van der Waals surface area contributed by atoms with Gasteiger partial charge in [-0.3, -0.25) is 9.59 Å². The minimum absolute atomic E-state index is 0.181. The minimum atomic E-state index is -0.484. The molecule has 5 heteroatoms. The second kappa shape index (κ2) is 8.41. The molecule has 0 bridgehead atoms. The monoisotopic (exact) mass is 362 g/mol. The van der Waals surface area contributed by atoms with E-state index in [4.69, 9.17) is 4.74 Å². The predicted octanol–water partition coefficient (Wildman–Crippen LogP) is 3.32. The van der Waals surface area contributed by atoms with Crippen LogP contribution < -0.4 is 10.1 Å². The molecule has 0 unspecified atom stereocenters. The highest BCUT2D eigenvalue weighted by Gasteiger charge is 2.33. The van der Waals surface area contributed by atoms with Crippen molar-refractivity contribution in [2.75, 3.05) is 19.0 Å². The van der Waals surface area contributed by atoms with E-state index in [2.05, 4.69) is 17.2 Å². The minimum Gasteiger partial charge on any atom is -0.497 e. The summed E-state index contributed by atoms with van der Waals surface area (Å²) >= 11 is 0. The van der Waals surface area contributed by atoms with Gasteiger partial charge in [-0.15, -0.1) is 0 Å². The molecule has 1 atom stereocenters. The number of benzene rings is 2. The van der Waals surface area contributed by atoms with E-state index in [1.54, 1.807) is 18.9 Å². The summed E-state index contributed by atoms with van der Waals surface area (Å²) in [7, 11) is 1.63. The van der Waals surface area contributed by atoms with Crippen LogP contribution in [0.25, 0.3) is 11.1 Å². The molecule has 0 saturated carbocycles. The largest absolute Gasteiger partial charge is 0.497 e. The molecule has 1 N–H and O–H groups in total. The van der Waals surface area contributed by atoms with Gasteiger partial charge >= 0.3 is 0 Å². The zero-order valence-electron chi connectivity index (χ0n) is 15.5. The summed E-state index contributed by atoms with van der Waals surface area (Å²) in [6, 6.07) is 14.8. The van der Waals surface area contributed by atoms with Gasteiger partial charge in [0.1, 0.15) is 11.8 Å². The van der Waals surface area contributed by atoms with E-state index in [9.17, 15) is 9.59 Å². The van der Waals surface area contributed by atoms with E-state index < -0.39 is 6.04 Å². The van der Waals surface area contributed by atoms with Crippen molar-refractivity contribution in [3.8, 4) is 28.7 Å². The lowest BCUT2D eigenvalue weighted by molar-refractivity contribution is -0.132. The number of amides is 2. The molecule has 1 aliphatic rings. The Kier molecular flexibility index (Phi) is 5.77. The van der Waals surface area contributed by atoms with Crippen molar-refractivity contribution in [1.29, 1.82) is 0 Å². The molecule has 2 aromatic rings. The van der Waals surface area contributed by atoms with Gasteiger partial charge in [0.05, 0.1) is 7.11 Å². The van der Waals surface area contributed by atoms with Crippen LogP contribution in [-0.4, -0.2) is 36.4 Å². The maximum Gasteiger partial charge on any atom is 0.299 e.